The summed E-state index contributed by atoms with van der Waals surface area (Å²) in [5.41, 5.74) is 3.15. The number of fused-ring (bicyclic) bond motifs is 1. The maximum atomic E-state index is 13.1. The largest absolute Gasteiger partial charge is 0.326 e. The average Bonchev–Trinajstić information content (AvgIpc) is 2.47. The minimum absolute atomic E-state index is 0.0177. The number of aryl methyl sites for hydroxylation is 1. The van der Waals surface area contributed by atoms with Crippen LogP contribution in [0, 0.1) is 5.82 Å². The summed E-state index contributed by atoms with van der Waals surface area (Å²) in [7, 11) is 0. The maximum Gasteiger partial charge on any atom is 0.228 e. The fourth-order valence-corrected chi connectivity index (χ4v) is 2.50. The summed E-state index contributed by atoms with van der Waals surface area (Å²) in [4.78, 5) is 23.3. The Kier molecular flexibility index (Phi) is 3.87. The van der Waals surface area contributed by atoms with E-state index in [0.29, 0.717) is 18.5 Å². The van der Waals surface area contributed by atoms with Gasteiger partial charge in [-0.05, 0) is 41.8 Å². The molecular weight excluding hydrogens is 283 g/mol. The van der Waals surface area contributed by atoms with Crippen LogP contribution in [0.2, 0.25) is 0 Å². The van der Waals surface area contributed by atoms with Crippen molar-refractivity contribution in [3.05, 3.63) is 59.4 Å². The molecule has 0 bridgehead atoms. The molecule has 0 radical (unpaired) electrons. The highest BCUT2D eigenvalue weighted by Gasteiger charge is 2.15. The number of rotatable bonds is 3. The number of halogens is 1. The molecule has 1 aliphatic rings. The Balaban J connectivity index is 1.68. The lowest BCUT2D eigenvalue weighted by Crippen LogP contribution is -2.19. The van der Waals surface area contributed by atoms with Gasteiger partial charge >= 0.3 is 0 Å². The van der Waals surface area contributed by atoms with Gasteiger partial charge in [0.05, 0.1) is 6.42 Å². The number of hydrogen-bond donors (Lipinski definition) is 2. The average molecular weight is 298 g/mol. The van der Waals surface area contributed by atoms with Gasteiger partial charge in [0.1, 0.15) is 5.82 Å². The Morgan fingerprint density at radius 3 is 2.86 bits per heavy atom. The molecule has 0 fully saturated rings. The van der Waals surface area contributed by atoms with Crippen LogP contribution in [0.1, 0.15) is 17.5 Å². The standard InChI is InChI=1S/C17H15FN2O2/c18-13-2-1-3-14(10-13)19-17(22)9-11-4-6-15-12(8-11)5-7-16(21)20-15/h1-4,6,8,10H,5,7,9H2,(H,19,22)(H,20,21). The first-order valence-corrected chi connectivity index (χ1v) is 7.07. The van der Waals surface area contributed by atoms with E-state index >= 15 is 0 Å². The van der Waals surface area contributed by atoms with Crippen LogP contribution in [0.3, 0.4) is 0 Å². The number of carbonyl (C=O) groups excluding carboxylic acids is 2. The molecule has 0 aromatic heterocycles. The van der Waals surface area contributed by atoms with Crippen molar-refractivity contribution in [2.75, 3.05) is 10.6 Å². The van der Waals surface area contributed by atoms with Gasteiger partial charge in [-0.3, -0.25) is 9.59 Å². The molecule has 1 aliphatic heterocycles. The second kappa shape index (κ2) is 5.97. The summed E-state index contributed by atoms with van der Waals surface area (Å²) in [6.07, 6.45) is 1.35. The van der Waals surface area contributed by atoms with Gasteiger partial charge in [-0.15, -0.1) is 0 Å². The first-order chi connectivity index (χ1) is 10.6. The maximum absolute atomic E-state index is 13.1. The van der Waals surface area contributed by atoms with E-state index in [2.05, 4.69) is 10.6 Å². The van der Waals surface area contributed by atoms with Crippen molar-refractivity contribution in [3.63, 3.8) is 0 Å². The van der Waals surface area contributed by atoms with Crippen molar-refractivity contribution in [1.82, 2.24) is 0 Å². The van der Waals surface area contributed by atoms with Crippen LogP contribution in [0.5, 0.6) is 0 Å². The molecule has 5 heteroatoms. The third-order valence-corrected chi connectivity index (χ3v) is 3.54. The van der Waals surface area contributed by atoms with Crippen molar-refractivity contribution in [2.45, 2.75) is 19.3 Å². The SMILES string of the molecule is O=C(Cc1ccc2c(c1)CCC(=O)N2)Nc1cccc(F)c1. The Morgan fingerprint density at radius 1 is 1.18 bits per heavy atom. The molecule has 0 aliphatic carbocycles. The van der Waals surface area contributed by atoms with Gasteiger partial charge in [0, 0.05) is 17.8 Å². The van der Waals surface area contributed by atoms with E-state index in [9.17, 15) is 14.0 Å². The number of hydrogen-bond acceptors (Lipinski definition) is 2. The van der Waals surface area contributed by atoms with Crippen molar-refractivity contribution in [1.29, 1.82) is 0 Å². The third-order valence-electron chi connectivity index (χ3n) is 3.54. The van der Waals surface area contributed by atoms with Crippen LogP contribution in [-0.2, 0) is 22.4 Å². The third kappa shape index (κ3) is 3.31. The number of amides is 2. The zero-order valence-electron chi connectivity index (χ0n) is 11.9. The van der Waals surface area contributed by atoms with Gasteiger partial charge in [-0.1, -0.05) is 18.2 Å². The predicted octanol–water partition coefficient (Wildman–Crippen LogP) is 2.89. The van der Waals surface area contributed by atoms with Crippen LogP contribution in [0.25, 0.3) is 0 Å². The fourth-order valence-electron chi connectivity index (χ4n) is 2.50. The van der Waals surface area contributed by atoms with Gasteiger partial charge < -0.3 is 10.6 Å². The van der Waals surface area contributed by atoms with E-state index in [1.807, 2.05) is 18.2 Å². The molecule has 22 heavy (non-hydrogen) atoms. The van der Waals surface area contributed by atoms with Crippen LogP contribution in [0.15, 0.2) is 42.5 Å². The molecule has 2 amide bonds. The molecule has 3 rings (SSSR count). The highest BCUT2D eigenvalue weighted by molar-refractivity contribution is 5.95. The van der Waals surface area contributed by atoms with Crippen LogP contribution >= 0.6 is 0 Å². The highest BCUT2D eigenvalue weighted by Crippen LogP contribution is 2.23. The van der Waals surface area contributed by atoms with Gasteiger partial charge in [-0.25, -0.2) is 4.39 Å². The summed E-state index contributed by atoms with van der Waals surface area (Å²) in [5, 5.41) is 5.47. The lowest BCUT2D eigenvalue weighted by atomic mass is 9.99. The number of nitrogens with one attached hydrogen (secondary N) is 2. The number of carbonyl (C=O) groups is 2. The zero-order valence-corrected chi connectivity index (χ0v) is 11.9. The highest BCUT2D eigenvalue weighted by atomic mass is 19.1. The summed E-state index contributed by atoms with van der Waals surface area (Å²) < 4.78 is 13.1. The van der Waals surface area contributed by atoms with E-state index in [0.717, 1.165) is 16.8 Å². The van der Waals surface area contributed by atoms with Crippen molar-refractivity contribution in [3.8, 4) is 0 Å². The normalized spacial score (nSPS) is 13.2. The molecule has 0 saturated heterocycles. The Hall–Kier alpha value is -2.69. The molecule has 0 spiro atoms. The van der Waals surface area contributed by atoms with E-state index in [1.54, 1.807) is 12.1 Å². The molecule has 0 saturated carbocycles. The molecule has 2 aromatic carbocycles. The molecule has 112 valence electrons. The lowest BCUT2D eigenvalue weighted by molar-refractivity contribution is -0.117. The van der Waals surface area contributed by atoms with E-state index in [1.165, 1.54) is 12.1 Å². The molecule has 2 N–H and O–H groups in total. The quantitative estimate of drug-likeness (QED) is 0.915. The van der Waals surface area contributed by atoms with Gasteiger partial charge in [-0.2, -0.15) is 0 Å². The van der Waals surface area contributed by atoms with Crippen LogP contribution < -0.4 is 10.6 Å². The first-order valence-electron chi connectivity index (χ1n) is 7.07. The second-order valence-electron chi connectivity index (χ2n) is 5.27. The second-order valence-corrected chi connectivity index (χ2v) is 5.27. The van der Waals surface area contributed by atoms with Crippen LogP contribution in [0.4, 0.5) is 15.8 Å². The van der Waals surface area contributed by atoms with Crippen LogP contribution in [-0.4, -0.2) is 11.8 Å². The summed E-state index contributed by atoms with van der Waals surface area (Å²) in [5.74, 6) is -0.572. The molecule has 1 heterocycles. The monoisotopic (exact) mass is 298 g/mol. The number of anilines is 2. The summed E-state index contributed by atoms with van der Waals surface area (Å²) >= 11 is 0. The molecule has 4 nitrogen and oxygen atoms in total. The summed E-state index contributed by atoms with van der Waals surface area (Å²) in [6.45, 7) is 0. The number of benzene rings is 2. The lowest BCUT2D eigenvalue weighted by Gasteiger charge is -2.17. The fraction of sp³-hybridized carbons (Fsp3) is 0.176. The molecule has 0 atom stereocenters. The summed E-state index contributed by atoms with van der Waals surface area (Å²) in [6, 6.07) is 11.4. The Morgan fingerprint density at radius 2 is 2.05 bits per heavy atom. The predicted molar refractivity (Wildman–Crippen MR) is 82.1 cm³/mol. The molecule has 2 aromatic rings. The van der Waals surface area contributed by atoms with Gasteiger partial charge in [0.15, 0.2) is 0 Å². The Bertz CT molecular complexity index is 743. The van der Waals surface area contributed by atoms with Crippen molar-refractivity contribution >= 4 is 23.2 Å². The molecule has 0 unspecified atom stereocenters. The van der Waals surface area contributed by atoms with E-state index < -0.39 is 0 Å². The topological polar surface area (TPSA) is 58.2 Å². The first kappa shape index (κ1) is 14.3. The Labute approximate surface area is 127 Å². The van der Waals surface area contributed by atoms with E-state index in [4.69, 9.17) is 0 Å². The van der Waals surface area contributed by atoms with E-state index in [-0.39, 0.29) is 24.1 Å². The van der Waals surface area contributed by atoms with Gasteiger partial charge in [0.2, 0.25) is 11.8 Å². The molecular formula is C17H15FN2O2. The van der Waals surface area contributed by atoms with Crippen molar-refractivity contribution < 1.29 is 14.0 Å². The minimum Gasteiger partial charge on any atom is -0.326 e. The minimum atomic E-state index is -0.387. The van der Waals surface area contributed by atoms with Crippen molar-refractivity contribution in [2.24, 2.45) is 0 Å². The zero-order chi connectivity index (χ0) is 15.5. The smallest absolute Gasteiger partial charge is 0.228 e. The van der Waals surface area contributed by atoms with Gasteiger partial charge in [0.25, 0.3) is 0 Å².